The number of hydrogen-bond acceptors (Lipinski definition) is 2. The van der Waals surface area contributed by atoms with E-state index in [2.05, 4.69) is 63.7 Å². The maximum atomic E-state index is 4.79. The van der Waals surface area contributed by atoms with Crippen LogP contribution < -0.4 is 4.90 Å². The fourth-order valence-electron chi connectivity index (χ4n) is 3.28. The smallest absolute Gasteiger partial charge is 0.136 e. The first-order chi connectivity index (χ1) is 10.2. The molecule has 112 valence electrons. The number of nitrogens with zero attached hydrogens (tertiary/aromatic N) is 3. The third kappa shape index (κ3) is 2.73. The molecule has 4 heteroatoms. The van der Waals surface area contributed by atoms with Gasteiger partial charge in [-0.1, -0.05) is 47.0 Å². The molecular weight excluding hydrogens is 326 g/mol. The van der Waals surface area contributed by atoms with E-state index in [4.69, 9.17) is 5.10 Å². The van der Waals surface area contributed by atoms with Crippen molar-refractivity contribution >= 4 is 21.7 Å². The summed E-state index contributed by atoms with van der Waals surface area (Å²) in [6.45, 7) is 2.10. The number of para-hydroxylation sites is 1. The number of anilines is 1. The zero-order chi connectivity index (χ0) is 14.8. The van der Waals surface area contributed by atoms with Crippen molar-refractivity contribution in [3.8, 4) is 5.69 Å². The molecule has 0 bridgehead atoms. The number of alkyl halides is 1. The number of benzene rings is 1. The highest BCUT2D eigenvalue weighted by Crippen LogP contribution is 2.33. The lowest BCUT2D eigenvalue weighted by Gasteiger charge is -2.28. The van der Waals surface area contributed by atoms with Crippen LogP contribution in [0, 0.1) is 6.92 Å². The van der Waals surface area contributed by atoms with Crippen molar-refractivity contribution in [3.63, 3.8) is 0 Å². The second-order valence-corrected chi connectivity index (χ2v) is 6.38. The molecule has 0 N–H and O–H groups in total. The molecule has 1 aliphatic rings. The third-order valence-electron chi connectivity index (χ3n) is 4.50. The highest BCUT2D eigenvalue weighted by Gasteiger charge is 2.26. The third-order valence-corrected chi connectivity index (χ3v) is 5.06. The summed E-state index contributed by atoms with van der Waals surface area (Å²) in [6.07, 6.45) is 5.27. The van der Waals surface area contributed by atoms with Crippen molar-refractivity contribution in [2.45, 2.75) is 44.0 Å². The van der Waals surface area contributed by atoms with Crippen LogP contribution in [0.2, 0.25) is 0 Å². The second kappa shape index (κ2) is 6.22. The lowest BCUT2D eigenvalue weighted by Crippen LogP contribution is -2.31. The van der Waals surface area contributed by atoms with E-state index >= 15 is 0 Å². The normalized spacial score (nSPS) is 15.6. The van der Waals surface area contributed by atoms with E-state index in [0.29, 0.717) is 6.04 Å². The van der Waals surface area contributed by atoms with Crippen LogP contribution in [-0.2, 0) is 5.33 Å². The molecule has 1 aromatic heterocycles. The van der Waals surface area contributed by atoms with Gasteiger partial charge in [0.05, 0.1) is 11.4 Å². The summed E-state index contributed by atoms with van der Waals surface area (Å²) in [7, 11) is 2.22. The first-order valence-corrected chi connectivity index (χ1v) is 8.77. The molecule has 0 aliphatic heterocycles. The van der Waals surface area contributed by atoms with Gasteiger partial charge < -0.3 is 4.90 Å². The Morgan fingerprint density at radius 2 is 1.90 bits per heavy atom. The lowest BCUT2D eigenvalue weighted by molar-refractivity contribution is 0.634. The van der Waals surface area contributed by atoms with Crippen molar-refractivity contribution in [2.75, 3.05) is 11.9 Å². The lowest BCUT2D eigenvalue weighted by atomic mass is 10.2. The molecule has 3 nitrogen and oxygen atoms in total. The standard InChI is InChI=1S/C17H22BrN3/c1-13-16(12-18)17(20(2)14-8-6-7-9-14)21(19-13)15-10-4-3-5-11-15/h3-5,10-11,14H,6-9,12H2,1-2H3. The van der Waals surface area contributed by atoms with Gasteiger partial charge in [0.2, 0.25) is 0 Å². The molecule has 2 aromatic rings. The average molecular weight is 348 g/mol. The first kappa shape index (κ1) is 14.6. The molecule has 0 spiro atoms. The molecular formula is C17H22BrN3. The van der Waals surface area contributed by atoms with Gasteiger partial charge in [-0.25, -0.2) is 4.68 Å². The molecule has 3 rings (SSSR count). The van der Waals surface area contributed by atoms with Crippen molar-refractivity contribution in [1.29, 1.82) is 0 Å². The fourth-order valence-corrected chi connectivity index (χ4v) is 3.94. The van der Waals surface area contributed by atoms with E-state index in [1.54, 1.807) is 0 Å². The first-order valence-electron chi connectivity index (χ1n) is 7.65. The summed E-state index contributed by atoms with van der Waals surface area (Å²) in [5.74, 6) is 1.24. The summed E-state index contributed by atoms with van der Waals surface area (Å²) < 4.78 is 2.10. The second-order valence-electron chi connectivity index (χ2n) is 5.82. The number of aromatic nitrogens is 2. The summed E-state index contributed by atoms with van der Waals surface area (Å²) >= 11 is 3.64. The van der Waals surface area contributed by atoms with Crippen LogP contribution in [0.3, 0.4) is 0 Å². The van der Waals surface area contributed by atoms with E-state index in [1.165, 1.54) is 37.1 Å². The molecule has 0 amide bonds. The Balaban J connectivity index is 2.08. The summed E-state index contributed by atoms with van der Waals surface area (Å²) in [4.78, 5) is 2.44. The number of halogens is 1. The van der Waals surface area contributed by atoms with Gasteiger partial charge >= 0.3 is 0 Å². The van der Waals surface area contributed by atoms with Gasteiger partial charge in [0.1, 0.15) is 5.82 Å². The van der Waals surface area contributed by atoms with Crippen LogP contribution in [0.15, 0.2) is 30.3 Å². The number of hydrogen-bond donors (Lipinski definition) is 0. The Labute approximate surface area is 135 Å². The van der Waals surface area contributed by atoms with E-state index in [1.807, 2.05) is 6.07 Å². The van der Waals surface area contributed by atoms with Gasteiger partial charge in [0, 0.05) is 24.0 Å². The zero-order valence-corrected chi connectivity index (χ0v) is 14.3. The minimum Gasteiger partial charge on any atom is -0.356 e. The maximum absolute atomic E-state index is 4.79. The monoisotopic (exact) mass is 347 g/mol. The summed E-state index contributed by atoms with van der Waals surface area (Å²) in [5, 5.41) is 5.63. The SMILES string of the molecule is Cc1nn(-c2ccccc2)c(N(C)C2CCCC2)c1CBr. The van der Waals surface area contributed by atoms with Crippen LogP contribution in [-0.4, -0.2) is 22.9 Å². The molecule has 0 unspecified atom stereocenters. The van der Waals surface area contributed by atoms with Crippen LogP contribution in [0.1, 0.15) is 36.9 Å². The van der Waals surface area contributed by atoms with Crippen molar-refractivity contribution in [1.82, 2.24) is 9.78 Å². The van der Waals surface area contributed by atoms with E-state index in [0.717, 1.165) is 16.7 Å². The van der Waals surface area contributed by atoms with Crippen LogP contribution in [0.4, 0.5) is 5.82 Å². The average Bonchev–Trinajstić information content (AvgIpc) is 3.15. The van der Waals surface area contributed by atoms with Crippen LogP contribution in [0.25, 0.3) is 5.69 Å². The Bertz CT molecular complexity index is 600. The summed E-state index contributed by atoms with van der Waals surface area (Å²) in [6, 6.07) is 11.1. The molecule has 21 heavy (non-hydrogen) atoms. The molecule has 0 radical (unpaired) electrons. The predicted molar refractivity (Wildman–Crippen MR) is 91.6 cm³/mol. The van der Waals surface area contributed by atoms with Gasteiger partial charge in [-0.2, -0.15) is 5.10 Å². The van der Waals surface area contributed by atoms with Crippen LogP contribution in [0.5, 0.6) is 0 Å². The predicted octanol–water partition coefficient (Wildman–Crippen LogP) is 4.45. The van der Waals surface area contributed by atoms with Gasteiger partial charge in [0.25, 0.3) is 0 Å². The minimum absolute atomic E-state index is 0.640. The molecule has 0 atom stereocenters. The topological polar surface area (TPSA) is 21.1 Å². The fraction of sp³-hybridized carbons (Fsp3) is 0.471. The molecule has 1 saturated carbocycles. The minimum atomic E-state index is 0.640. The van der Waals surface area contributed by atoms with Gasteiger partial charge in [0.15, 0.2) is 0 Å². The van der Waals surface area contributed by atoms with Gasteiger partial charge in [-0.3, -0.25) is 0 Å². The molecule has 0 saturated heterocycles. The Morgan fingerprint density at radius 3 is 2.52 bits per heavy atom. The van der Waals surface area contributed by atoms with Gasteiger partial charge in [-0.05, 0) is 31.9 Å². The van der Waals surface area contributed by atoms with Gasteiger partial charge in [-0.15, -0.1) is 0 Å². The molecule has 1 heterocycles. The highest BCUT2D eigenvalue weighted by molar-refractivity contribution is 9.08. The Hall–Kier alpha value is -1.29. The maximum Gasteiger partial charge on any atom is 0.136 e. The molecule has 1 fully saturated rings. The van der Waals surface area contributed by atoms with E-state index < -0.39 is 0 Å². The van der Waals surface area contributed by atoms with E-state index in [-0.39, 0.29) is 0 Å². The van der Waals surface area contributed by atoms with E-state index in [9.17, 15) is 0 Å². The Morgan fingerprint density at radius 1 is 1.24 bits per heavy atom. The quantitative estimate of drug-likeness (QED) is 0.761. The largest absolute Gasteiger partial charge is 0.356 e. The highest BCUT2D eigenvalue weighted by atomic mass is 79.9. The molecule has 1 aromatic carbocycles. The zero-order valence-electron chi connectivity index (χ0n) is 12.7. The van der Waals surface area contributed by atoms with Crippen LogP contribution >= 0.6 is 15.9 Å². The van der Waals surface area contributed by atoms with Crippen molar-refractivity contribution < 1.29 is 0 Å². The number of aryl methyl sites for hydroxylation is 1. The van der Waals surface area contributed by atoms with Crippen molar-refractivity contribution in [3.05, 3.63) is 41.6 Å². The molecule has 1 aliphatic carbocycles. The summed E-state index contributed by atoms with van der Waals surface area (Å²) in [5.41, 5.74) is 3.54. The van der Waals surface area contributed by atoms with Crippen molar-refractivity contribution in [2.24, 2.45) is 0 Å². The number of rotatable bonds is 4. The Kier molecular flexibility index (Phi) is 4.34.